The Kier molecular flexibility index (Phi) is 7.69. The van der Waals surface area contributed by atoms with Gasteiger partial charge in [0.1, 0.15) is 12.3 Å². The maximum absolute atomic E-state index is 12.8. The number of nitrogens with one attached hydrogen (secondary N) is 2. The molecule has 0 aromatic carbocycles. The normalized spacial score (nSPS) is 19.5. The number of carbonyl (C=O) groups is 2. The number of H-pyrrole nitrogens is 1. The monoisotopic (exact) mass is 364 g/mol. The molecule has 1 saturated carbocycles. The summed E-state index contributed by atoms with van der Waals surface area (Å²) in [4.78, 5) is 28.1. The first kappa shape index (κ1) is 20.5. The number of ether oxygens (including phenoxy) is 2. The molecule has 1 aliphatic rings. The second kappa shape index (κ2) is 9.76. The third-order valence-electron chi connectivity index (χ3n) is 5.29. The molecule has 1 aromatic rings. The number of aryl methyl sites for hydroxylation is 1. The van der Waals surface area contributed by atoms with E-state index >= 15 is 0 Å². The van der Waals surface area contributed by atoms with Crippen LogP contribution in [0.1, 0.15) is 77.6 Å². The number of esters is 1. The van der Waals surface area contributed by atoms with Crippen molar-refractivity contribution in [2.24, 2.45) is 5.92 Å². The molecule has 6 nitrogen and oxygen atoms in total. The highest BCUT2D eigenvalue weighted by molar-refractivity contribution is 6.00. The maximum Gasteiger partial charge on any atom is 0.340 e. The summed E-state index contributed by atoms with van der Waals surface area (Å²) >= 11 is 0. The molecule has 1 aromatic heterocycles. The van der Waals surface area contributed by atoms with Crippen LogP contribution in [0.3, 0.4) is 0 Å². The quantitative estimate of drug-likeness (QED) is 0.519. The second-order valence-electron chi connectivity index (χ2n) is 7.17. The molecule has 1 amide bonds. The Hall–Kier alpha value is -1.82. The number of hydrogen-bond donors (Lipinski definition) is 2. The molecular weight excluding hydrogens is 332 g/mol. The average molecular weight is 364 g/mol. The van der Waals surface area contributed by atoms with Crippen molar-refractivity contribution in [3.05, 3.63) is 22.5 Å². The highest BCUT2D eigenvalue weighted by atomic mass is 16.6. The van der Waals surface area contributed by atoms with Gasteiger partial charge in [-0.1, -0.05) is 26.2 Å². The van der Waals surface area contributed by atoms with Gasteiger partial charge >= 0.3 is 5.97 Å². The molecule has 0 aliphatic heterocycles. The Labute approximate surface area is 156 Å². The number of amides is 1. The predicted molar refractivity (Wildman–Crippen MR) is 101 cm³/mol. The second-order valence-corrected chi connectivity index (χ2v) is 7.17. The van der Waals surface area contributed by atoms with Gasteiger partial charge < -0.3 is 19.8 Å². The predicted octanol–water partition coefficient (Wildman–Crippen LogP) is 3.52. The van der Waals surface area contributed by atoms with Crippen LogP contribution >= 0.6 is 0 Å². The zero-order valence-electron chi connectivity index (χ0n) is 16.4. The van der Waals surface area contributed by atoms with Crippen LogP contribution < -0.4 is 5.32 Å². The van der Waals surface area contributed by atoms with Crippen LogP contribution in [0.15, 0.2) is 0 Å². The molecule has 0 bridgehead atoms. The van der Waals surface area contributed by atoms with Crippen molar-refractivity contribution in [2.75, 3.05) is 20.3 Å². The van der Waals surface area contributed by atoms with E-state index in [0.29, 0.717) is 35.0 Å². The summed E-state index contributed by atoms with van der Waals surface area (Å²) in [5.41, 5.74) is 2.21. The van der Waals surface area contributed by atoms with E-state index in [4.69, 9.17) is 9.47 Å². The van der Waals surface area contributed by atoms with Crippen LogP contribution in [-0.4, -0.2) is 43.2 Å². The summed E-state index contributed by atoms with van der Waals surface area (Å²) in [5.74, 6) is 0.0118. The van der Waals surface area contributed by atoms with Gasteiger partial charge in [0.05, 0.1) is 12.2 Å². The minimum atomic E-state index is -0.422. The number of rotatable bonds is 9. The lowest BCUT2D eigenvalue weighted by Crippen LogP contribution is -2.37. The van der Waals surface area contributed by atoms with Gasteiger partial charge in [0.2, 0.25) is 0 Å². The molecule has 6 heteroatoms. The van der Waals surface area contributed by atoms with Gasteiger partial charge in [-0.05, 0) is 44.6 Å². The topological polar surface area (TPSA) is 80.4 Å². The first-order valence-electron chi connectivity index (χ1n) is 9.65. The van der Waals surface area contributed by atoms with E-state index < -0.39 is 5.97 Å². The molecule has 0 spiro atoms. The zero-order valence-corrected chi connectivity index (χ0v) is 16.4. The molecule has 146 valence electrons. The van der Waals surface area contributed by atoms with Crippen molar-refractivity contribution >= 4 is 11.9 Å². The molecular formula is C20H32N2O4. The van der Waals surface area contributed by atoms with E-state index in [0.717, 1.165) is 6.42 Å². The van der Waals surface area contributed by atoms with E-state index in [-0.39, 0.29) is 18.6 Å². The van der Waals surface area contributed by atoms with Crippen molar-refractivity contribution in [1.82, 2.24) is 10.3 Å². The highest BCUT2D eigenvalue weighted by Gasteiger charge is 2.30. The Morgan fingerprint density at radius 3 is 2.69 bits per heavy atom. The molecule has 0 saturated heterocycles. The lowest BCUT2D eigenvalue weighted by atomic mass is 9.96. The van der Waals surface area contributed by atoms with Crippen LogP contribution in [-0.2, 0) is 9.47 Å². The third-order valence-corrected chi connectivity index (χ3v) is 5.29. The molecule has 1 aliphatic carbocycles. The molecule has 2 N–H and O–H groups in total. The van der Waals surface area contributed by atoms with Crippen molar-refractivity contribution in [3.63, 3.8) is 0 Å². The summed E-state index contributed by atoms with van der Waals surface area (Å²) in [6.07, 6.45) is 6.94. The Bertz CT molecular complexity index is 624. The number of carbonyl (C=O) groups excluding carboxylic acids is 2. The Morgan fingerprint density at radius 1 is 1.23 bits per heavy atom. The fourth-order valence-corrected chi connectivity index (χ4v) is 3.85. The fraction of sp³-hybridized carbons (Fsp3) is 0.700. The van der Waals surface area contributed by atoms with E-state index in [9.17, 15) is 9.59 Å². The molecule has 1 fully saturated rings. The summed E-state index contributed by atoms with van der Waals surface area (Å²) in [6, 6.07) is 0.231. The standard InChI is InChI=1S/C20H32N2O4/c1-5-6-8-15-9-7-10-16(15)22-19(23)18-13(2)17(14(3)21-18)20(24)26-12-11-25-4/h15-16,21H,5-12H2,1-4H3,(H,22,23). The van der Waals surface area contributed by atoms with Crippen molar-refractivity contribution in [2.45, 2.75) is 65.3 Å². The SMILES string of the molecule is CCCCC1CCCC1NC(=O)c1[nH]c(C)c(C(=O)OCCOC)c1C. The summed E-state index contributed by atoms with van der Waals surface area (Å²) in [5, 5.41) is 3.18. The summed E-state index contributed by atoms with van der Waals surface area (Å²) in [7, 11) is 1.56. The van der Waals surface area contributed by atoms with Crippen molar-refractivity contribution < 1.29 is 19.1 Å². The first-order valence-corrected chi connectivity index (χ1v) is 9.65. The largest absolute Gasteiger partial charge is 0.460 e. The average Bonchev–Trinajstić information content (AvgIpc) is 3.16. The van der Waals surface area contributed by atoms with E-state index in [1.165, 1.54) is 32.1 Å². The van der Waals surface area contributed by atoms with Crippen molar-refractivity contribution in [3.8, 4) is 0 Å². The molecule has 0 radical (unpaired) electrons. The molecule has 2 unspecified atom stereocenters. The van der Waals surface area contributed by atoms with Gasteiger partial charge in [0.25, 0.3) is 5.91 Å². The lowest BCUT2D eigenvalue weighted by Gasteiger charge is -2.20. The maximum atomic E-state index is 12.8. The van der Waals surface area contributed by atoms with Gasteiger partial charge in [0, 0.05) is 18.8 Å². The van der Waals surface area contributed by atoms with Gasteiger partial charge in [-0.2, -0.15) is 0 Å². The van der Waals surface area contributed by atoms with E-state index in [1.807, 2.05) is 0 Å². The Morgan fingerprint density at radius 2 is 2.00 bits per heavy atom. The van der Waals surface area contributed by atoms with Gasteiger partial charge in [-0.15, -0.1) is 0 Å². The first-order chi connectivity index (χ1) is 12.5. The molecule has 1 heterocycles. The highest BCUT2D eigenvalue weighted by Crippen LogP contribution is 2.30. The van der Waals surface area contributed by atoms with Gasteiger partial charge in [0.15, 0.2) is 0 Å². The summed E-state index contributed by atoms with van der Waals surface area (Å²) < 4.78 is 10.1. The lowest BCUT2D eigenvalue weighted by molar-refractivity contribution is 0.0387. The van der Waals surface area contributed by atoms with Crippen molar-refractivity contribution in [1.29, 1.82) is 0 Å². The van der Waals surface area contributed by atoms with Crippen LogP contribution in [0, 0.1) is 19.8 Å². The molecule has 2 atom stereocenters. The van der Waals surface area contributed by atoms with E-state index in [2.05, 4.69) is 17.2 Å². The zero-order chi connectivity index (χ0) is 19.1. The van der Waals surface area contributed by atoms with Crippen LogP contribution in [0.25, 0.3) is 0 Å². The number of hydrogen-bond acceptors (Lipinski definition) is 4. The molecule has 26 heavy (non-hydrogen) atoms. The number of aromatic amines is 1. The van der Waals surface area contributed by atoms with Gasteiger partial charge in [-0.3, -0.25) is 4.79 Å². The number of methoxy groups -OCH3 is 1. The van der Waals surface area contributed by atoms with Crippen LogP contribution in [0.2, 0.25) is 0 Å². The fourth-order valence-electron chi connectivity index (χ4n) is 3.85. The van der Waals surface area contributed by atoms with Crippen LogP contribution in [0.4, 0.5) is 0 Å². The van der Waals surface area contributed by atoms with Crippen LogP contribution in [0.5, 0.6) is 0 Å². The molecule has 2 rings (SSSR count). The minimum absolute atomic E-state index is 0.130. The third kappa shape index (κ3) is 4.87. The van der Waals surface area contributed by atoms with E-state index in [1.54, 1.807) is 21.0 Å². The minimum Gasteiger partial charge on any atom is -0.460 e. The Balaban J connectivity index is 2.05. The smallest absolute Gasteiger partial charge is 0.340 e. The van der Waals surface area contributed by atoms with Gasteiger partial charge in [-0.25, -0.2) is 4.79 Å². The number of aromatic nitrogens is 1. The number of unbranched alkanes of at least 4 members (excludes halogenated alkanes) is 1. The summed E-state index contributed by atoms with van der Waals surface area (Å²) in [6.45, 7) is 6.32.